The fraction of sp³-hybridized carbons (Fsp3) is 0. The molecule has 0 atom stereocenters. The standard InChI is InChI=1S/C14H11N3O5S/c15-14-10(5-3-6-11(14)17(18)19)16-23(20,21)13-8-9-4-1-2-7-12(9)22-13/h1-8,16H,15H2. The van der Waals surface area contributed by atoms with Gasteiger partial charge >= 0.3 is 0 Å². The Morgan fingerprint density at radius 2 is 1.87 bits per heavy atom. The second-order valence-electron chi connectivity index (χ2n) is 4.70. The summed E-state index contributed by atoms with van der Waals surface area (Å²) in [5.41, 5.74) is 5.33. The van der Waals surface area contributed by atoms with Crippen LogP contribution in [0.3, 0.4) is 0 Å². The summed E-state index contributed by atoms with van der Waals surface area (Å²) in [6, 6.07) is 12.0. The summed E-state index contributed by atoms with van der Waals surface area (Å²) >= 11 is 0. The van der Waals surface area contributed by atoms with Crippen molar-refractivity contribution in [3.63, 3.8) is 0 Å². The van der Waals surface area contributed by atoms with Gasteiger partial charge in [-0.3, -0.25) is 14.8 Å². The summed E-state index contributed by atoms with van der Waals surface area (Å²) in [7, 11) is -4.06. The van der Waals surface area contributed by atoms with E-state index in [4.69, 9.17) is 10.2 Å². The van der Waals surface area contributed by atoms with Crippen molar-refractivity contribution < 1.29 is 17.8 Å². The van der Waals surface area contributed by atoms with E-state index in [0.29, 0.717) is 11.0 Å². The van der Waals surface area contributed by atoms with Gasteiger partial charge in [0.05, 0.1) is 10.6 Å². The number of hydrogen-bond donors (Lipinski definition) is 2. The molecule has 0 aliphatic carbocycles. The molecule has 0 amide bonds. The summed E-state index contributed by atoms with van der Waals surface area (Å²) in [6.07, 6.45) is 0. The Hall–Kier alpha value is -3.07. The summed E-state index contributed by atoms with van der Waals surface area (Å²) in [5, 5.41) is 11.2. The third-order valence-electron chi connectivity index (χ3n) is 3.19. The van der Waals surface area contributed by atoms with Crippen LogP contribution in [0.1, 0.15) is 0 Å². The van der Waals surface area contributed by atoms with Crippen LogP contribution in [-0.4, -0.2) is 13.3 Å². The Morgan fingerprint density at radius 1 is 1.13 bits per heavy atom. The maximum atomic E-state index is 12.4. The highest BCUT2D eigenvalue weighted by Gasteiger charge is 2.23. The number of para-hydroxylation sites is 2. The molecule has 3 N–H and O–H groups in total. The van der Waals surface area contributed by atoms with Crippen molar-refractivity contribution in [3.8, 4) is 0 Å². The summed E-state index contributed by atoms with van der Waals surface area (Å²) in [6.45, 7) is 0. The molecule has 0 saturated carbocycles. The summed E-state index contributed by atoms with van der Waals surface area (Å²) in [4.78, 5) is 10.2. The van der Waals surface area contributed by atoms with Crippen molar-refractivity contribution in [2.75, 3.05) is 10.5 Å². The molecular weight excluding hydrogens is 322 g/mol. The minimum atomic E-state index is -4.06. The highest BCUT2D eigenvalue weighted by Crippen LogP contribution is 2.31. The largest absolute Gasteiger partial charge is 0.443 e. The molecule has 23 heavy (non-hydrogen) atoms. The number of hydrogen-bond acceptors (Lipinski definition) is 6. The van der Waals surface area contributed by atoms with Crippen LogP contribution in [0.15, 0.2) is 58.0 Å². The zero-order valence-corrected chi connectivity index (χ0v) is 12.4. The van der Waals surface area contributed by atoms with E-state index in [9.17, 15) is 18.5 Å². The van der Waals surface area contributed by atoms with E-state index in [1.807, 2.05) is 0 Å². The van der Waals surface area contributed by atoms with Crippen LogP contribution < -0.4 is 10.5 Å². The zero-order chi connectivity index (χ0) is 16.6. The molecule has 8 nitrogen and oxygen atoms in total. The van der Waals surface area contributed by atoms with Gasteiger partial charge in [0.1, 0.15) is 11.3 Å². The lowest BCUT2D eigenvalue weighted by Gasteiger charge is -2.08. The van der Waals surface area contributed by atoms with Crippen molar-refractivity contribution in [1.82, 2.24) is 0 Å². The van der Waals surface area contributed by atoms with E-state index < -0.39 is 14.9 Å². The third-order valence-corrected chi connectivity index (χ3v) is 4.41. The number of anilines is 2. The summed E-state index contributed by atoms with van der Waals surface area (Å²) < 4.78 is 32.3. The van der Waals surface area contributed by atoms with Gasteiger partial charge in [-0.25, -0.2) is 0 Å². The molecule has 0 fully saturated rings. The van der Waals surface area contributed by atoms with Crippen LogP contribution in [0.25, 0.3) is 11.0 Å². The van der Waals surface area contributed by atoms with Crippen LogP contribution in [0.4, 0.5) is 17.1 Å². The SMILES string of the molecule is Nc1c(NS(=O)(=O)c2cc3ccccc3o2)cccc1[N+](=O)[O-]. The maximum absolute atomic E-state index is 12.4. The molecule has 118 valence electrons. The van der Waals surface area contributed by atoms with E-state index in [1.165, 1.54) is 24.3 Å². The van der Waals surface area contributed by atoms with Gasteiger partial charge < -0.3 is 10.2 Å². The topological polar surface area (TPSA) is 128 Å². The quantitative estimate of drug-likeness (QED) is 0.429. The highest BCUT2D eigenvalue weighted by molar-refractivity contribution is 7.92. The van der Waals surface area contributed by atoms with Crippen LogP contribution in [0.5, 0.6) is 0 Å². The van der Waals surface area contributed by atoms with Crippen LogP contribution in [0.2, 0.25) is 0 Å². The Morgan fingerprint density at radius 3 is 2.57 bits per heavy atom. The van der Waals surface area contributed by atoms with Gasteiger partial charge in [0.25, 0.3) is 15.7 Å². The molecule has 9 heteroatoms. The van der Waals surface area contributed by atoms with Gasteiger partial charge in [-0.2, -0.15) is 8.42 Å². The molecule has 2 aromatic carbocycles. The Bertz CT molecular complexity index is 977. The number of fused-ring (bicyclic) bond motifs is 1. The summed E-state index contributed by atoms with van der Waals surface area (Å²) in [5.74, 6) is 0. The maximum Gasteiger partial charge on any atom is 0.295 e. The number of benzene rings is 2. The molecule has 0 aliphatic rings. The zero-order valence-electron chi connectivity index (χ0n) is 11.6. The number of nitrogens with zero attached hydrogens (tertiary/aromatic N) is 1. The Balaban J connectivity index is 2.01. The number of furan rings is 1. The number of sulfonamides is 1. The minimum Gasteiger partial charge on any atom is -0.443 e. The first-order chi connectivity index (χ1) is 10.9. The van der Waals surface area contributed by atoms with Crippen LogP contribution in [0, 0.1) is 10.1 Å². The van der Waals surface area contributed by atoms with Crippen molar-refractivity contribution in [2.24, 2.45) is 0 Å². The van der Waals surface area contributed by atoms with E-state index in [0.717, 1.165) is 0 Å². The minimum absolute atomic E-state index is 0.0837. The third kappa shape index (κ3) is 2.69. The van der Waals surface area contributed by atoms with Crippen molar-refractivity contribution in [1.29, 1.82) is 0 Å². The van der Waals surface area contributed by atoms with Gasteiger partial charge in [-0.05, 0) is 12.1 Å². The fourth-order valence-electron chi connectivity index (χ4n) is 2.09. The first kappa shape index (κ1) is 14.9. The Labute approximate surface area is 130 Å². The lowest BCUT2D eigenvalue weighted by molar-refractivity contribution is -0.383. The molecule has 0 saturated heterocycles. The highest BCUT2D eigenvalue weighted by atomic mass is 32.2. The molecule has 1 aromatic heterocycles. The molecule has 0 aliphatic heterocycles. The van der Waals surface area contributed by atoms with E-state index >= 15 is 0 Å². The predicted molar refractivity (Wildman–Crippen MR) is 84.5 cm³/mol. The van der Waals surface area contributed by atoms with E-state index in [1.54, 1.807) is 24.3 Å². The van der Waals surface area contributed by atoms with Crippen LogP contribution >= 0.6 is 0 Å². The second-order valence-corrected chi connectivity index (χ2v) is 6.32. The van der Waals surface area contributed by atoms with Crippen molar-refractivity contribution in [3.05, 3.63) is 58.6 Å². The number of nitrogen functional groups attached to an aromatic ring is 1. The van der Waals surface area contributed by atoms with Crippen molar-refractivity contribution >= 4 is 38.1 Å². The lowest BCUT2D eigenvalue weighted by atomic mass is 10.2. The number of nitro benzene ring substituents is 1. The average Bonchev–Trinajstić information content (AvgIpc) is 2.94. The number of nitrogens with one attached hydrogen (secondary N) is 1. The van der Waals surface area contributed by atoms with Crippen molar-refractivity contribution in [2.45, 2.75) is 5.09 Å². The van der Waals surface area contributed by atoms with Gasteiger partial charge in [0.2, 0.25) is 5.09 Å². The number of rotatable bonds is 4. The molecular formula is C14H11N3O5S. The molecule has 0 bridgehead atoms. The smallest absolute Gasteiger partial charge is 0.295 e. The van der Waals surface area contributed by atoms with Gasteiger partial charge in [0, 0.05) is 17.5 Å². The first-order valence-electron chi connectivity index (χ1n) is 6.43. The molecule has 0 radical (unpaired) electrons. The van der Waals surface area contributed by atoms with E-state index in [-0.39, 0.29) is 22.2 Å². The van der Waals surface area contributed by atoms with Gasteiger partial charge in [0.15, 0.2) is 0 Å². The number of nitrogens with two attached hydrogens (primary N) is 1. The normalized spacial score (nSPS) is 11.5. The first-order valence-corrected chi connectivity index (χ1v) is 7.91. The lowest BCUT2D eigenvalue weighted by Crippen LogP contribution is -2.14. The number of nitro groups is 1. The monoisotopic (exact) mass is 333 g/mol. The predicted octanol–water partition coefficient (Wildman–Crippen LogP) is 2.72. The van der Waals surface area contributed by atoms with Crippen LogP contribution in [-0.2, 0) is 10.0 Å². The van der Waals surface area contributed by atoms with Gasteiger partial charge in [-0.15, -0.1) is 0 Å². The Kier molecular flexibility index (Phi) is 3.41. The molecule has 3 aromatic rings. The van der Waals surface area contributed by atoms with E-state index in [2.05, 4.69) is 4.72 Å². The molecule has 3 rings (SSSR count). The van der Waals surface area contributed by atoms with Gasteiger partial charge in [-0.1, -0.05) is 24.3 Å². The fourth-order valence-corrected chi connectivity index (χ4v) is 3.14. The second kappa shape index (κ2) is 5.29. The molecule has 1 heterocycles. The molecule has 0 spiro atoms. The molecule has 0 unspecified atom stereocenters. The average molecular weight is 333 g/mol.